The Morgan fingerprint density at radius 3 is 2.87 bits per heavy atom. The minimum Gasteiger partial charge on any atom is -0.273 e. The van der Waals surface area contributed by atoms with Gasteiger partial charge < -0.3 is 0 Å². The predicted octanol–water partition coefficient (Wildman–Crippen LogP) is 1.36. The highest BCUT2D eigenvalue weighted by Crippen LogP contribution is 2.03. The lowest BCUT2D eigenvalue weighted by atomic mass is 10.1. The maximum absolute atomic E-state index is 10.8. The molecule has 15 heavy (non-hydrogen) atoms. The first-order valence-electron chi connectivity index (χ1n) is 4.79. The van der Waals surface area contributed by atoms with E-state index in [0.29, 0.717) is 12.8 Å². The number of aromatic nitrogens is 1. The third-order valence-corrected chi connectivity index (χ3v) is 2.07. The van der Waals surface area contributed by atoms with Crippen LogP contribution in [0.25, 0.3) is 6.08 Å². The van der Waals surface area contributed by atoms with Gasteiger partial charge in [0.2, 0.25) is 5.91 Å². The van der Waals surface area contributed by atoms with Gasteiger partial charge in [-0.15, -0.1) is 0 Å². The topological polar surface area (TPSA) is 54.4 Å². The number of hydrazone groups is 1. The maximum atomic E-state index is 10.8. The average molecular weight is 201 g/mol. The first kappa shape index (κ1) is 9.58. The van der Waals surface area contributed by atoms with Crippen LogP contribution in [0.3, 0.4) is 0 Å². The molecule has 1 aromatic heterocycles. The van der Waals surface area contributed by atoms with Gasteiger partial charge in [0.1, 0.15) is 0 Å². The van der Waals surface area contributed by atoms with Crippen molar-refractivity contribution >= 4 is 17.7 Å². The Labute approximate surface area is 87.7 Å². The van der Waals surface area contributed by atoms with E-state index in [2.05, 4.69) is 15.5 Å². The summed E-state index contributed by atoms with van der Waals surface area (Å²) in [6, 6.07) is 5.71. The molecule has 0 unspecified atom stereocenters. The summed E-state index contributed by atoms with van der Waals surface area (Å²) in [5.74, 6) is -0.0232. The average Bonchev–Trinajstić information content (AvgIpc) is 2.30. The number of hydrogen-bond acceptors (Lipinski definition) is 3. The van der Waals surface area contributed by atoms with Crippen LogP contribution < -0.4 is 5.43 Å². The number of pyridine rings is 1. The minimum absolute atomic E-state index is 0.0232. The van der Waals surface area contributed by atoms with Crippen molar-refractivity contribution in [3.05, 3.63) is 36.2 Å². The van der Waals surface area contributed by atoms with Gasteiger partial charge in [-0.25, -0.2) is 5.43 Å². The molecule has 0 saturated carbocycles. The summed E-state index contributed by atoms with van der Waals surface area (Å²) in [6.07, 6.45) is 6.70. The molecule has 4 nitrogen and oxygen atoms in total. The number of nitrogens with zero attached hydrogens (tertiary/aromatic N) is 2. The summed E-state index contributed by atoms with van der Waals surface area (Å²) >= 11 is 0. The van der Waals surface area contributed by atoms with Gasteiger partial charge in [-0.05, 0) is 24.3 Å². The Hall–Kier alpha value is -1.97. The number of carbonyl (C=O) groups excluding carboxylic acids is 1. The van der Waals surface area contributed by atoms with Crippen LogP contribution in [-0.2, 0) is 4.79 Å². The van der Waals surface area contributed by atoms with Crippen molar-refractivity contribution in [2.45, 2.75) is 12.8 Å². The van der Waals surface area contributed by atoms with Gasteiger partial charge in [0, 0.05) is 19.0 Å². The van der Waals surface area contributed by atoms with Crippen LogP contribution >= 0.6 is 0 Å². The molecule has 1 aliphatic rings. The predicted molar refractivity (Wildman–Crippen MR) is 58.1 cm³/mol. The zero-order valence-corrected chi connectivity index (χ0v) is 8.18. The summed E-state index contributed by atoms with van der Waals surface area (Å²) in [6.45, 7) is 0. The first-order chi connectivity index (χ1) is 7.34. The molecule has 1 amide bonds. The van der Waals surface area contributed by atoms with E-state index in [0.717, 1.165) is 11.4 Å². The third kappa shape index (κ3) is 2.74. The lowest BCUT2D eigenvalue weighted by Gasteiger charge is -2.07. The van der Waals surface area contributed by atoms with E-state index in [1.807, 2.05) is 30.4 Å². The van der Waals surface area contributed by atoms with Crippen LogP contribution in [0, 0.1) is 0 Å². The van der Waals surface area contributed by atoms with Crippen LogP contribution in [0.1, 0.15) is 18.5 Å². The fourth-order valence-corrected chi connectivity index (χ4v) is 1.26. The molecule has 1 aromatic rings. The van der Waals surface area contributed by atoms with E-state index in [9.17, 15) is 4.79 Å². The van der Waals surface area contributed by atoms with Gasteiger partial charge in [-0.2, -0.15) is 5.10 Å². The third-order valence-electron chi connectivity index (χ3n) is 2.07. The van der Waals surface area contributed by atoms with Crippen molar-refractivity contribution in [2.24, 2.45) is 5.10 Å². The van der Waals surface area contributed by atoms with Crippen molar-refractivity contribution in [3.8, 4) is 0 Å². The summed E-state index contributed by atoms with van der Waals surface area (Å²) in [4.78, 5) is 15.0. The van der Waals surface area contributed by atoms with E-state index in [-0.39, 0.29) is 5.91 Å². The minimum atomic E-state index is -0.0232. The van der Waals surface area contributed by atoms with Gasteiger partial charge >= 0.3 is 0 Å². The molecule has 0 spiro atoms. The van der Waals surface area contributed by atoms with E-state index >= 15 is 0 Å². The summed E-state index contributed by atoms with van der Waals surface area (Å²) in [5.41, 5.74) is 4.21. The zero-order chi connectivity index (χ0) is 10.5. The number of allylic oxidation sites excluding steroid dienone is 1. The molecule has 76 valence electrons. The van der Waals surface area contributed by atoms with E-state index in [1.165, 1.54) is 0 Å². The highest BCUT2D eigenvalue weighted by atomic mass is 16.2. The maximum Gasteiger partial charge on any atom is 0.240 e. The molecule has 0 atom stereocenters. The molecule has 0 bridgehead atoms. The molecule has 0 fully saturated rings. The fraction of sp³-hybridized carbons (Fsp3) is 0.182. The SMILES string of the molecule is O=C1CCC(/C=C/c2ccccn2)=NN1. The molecule has 1 N–H and O–H groups in total. The van der Waals surface area contributed by atoms with E-state index < -0.39 is 0 Å². The lowest BCUT2D eigenvalue weighted by Crippen LogP contribution is -2.24. The van der Waals surface area contributed by atoms with Crippen LogP contribution in [0.15, 0.2) is 35.6 Å². The molecule has 1 aliphatic heterocycles. The summed E-state index contributed by atoms with van der Waals surface area (Å²) in [5, 5.41) is 3.93. The zero-order valence-electron chi connectivity index (χ0n) is 8.18. The molecule has 0 saturated heterocycles. The van der Waals surface area contributed by atoms with Crippen molar-refractivity contribution in [3.63, 3.8) is 0 Å². The second kappa shape index (κ2) is 4.50. The molecule has 4 heteroatoms. The Morgan fingerprint density at radius 2 is 2.20 bits per heavy atom. The second-order valence-electron chi connectivity index (χ2n) is 3.23. The van der Waals surface area contributed by atoms with Crippen LogP contribution in [0.4, 0.5) is 0 Å². The normalized spacial score (nSPS) is 16.3. The fourth-order valence-electron chi connectivity index (χ4n) is 1.26. The number of nitrogens with one attached hydrogen (secondary N) is 1. The van der Waals surface area contributed by atoms with E-state index in [1.54, 1.807) is 6.20 Å². The van der Waals surface area contributed by atoms with Crippen LogP contribution in [0.5, 0.6) is 0 Å². The van der Waals surface area contributed by atoms with Crippen molar-refractivity contribution in [1.29, 1.82) is 0 Å². The Balaban J connectivity index is 2.03. The van der Waals surface area contributed by atoms with Crippen LogP contribution in [-0.4, -0.2) is 16.6 Å². The molecule has 2 rings (SSSR count). The molecule has 0 radical (unpaired) electrons. The molecule has 2 heterocycles. The highest BCUT2D eigenvalue weighted by molar-refractivity contribution is 6.01. The summed E-state index contributed by atoms with van der Waals surface area (Å²) < 4.78 is 0. The molecular formula is C11H11N3O. The Bertz CT molecular complexity index is 409. The lowest BCUT2D eigenvalue weighted by molar-refractivity contribution is -0.121. The molecule has 0 aliphatic carbocycles. The smallest absolute Gasteiger partial charge is 0.240 e. The van der Waals surface area contributed by atoms with Gasteiger partial charge in [0.05, 0.1) is 11.4 Å². The van der Waals surface area contributed by atoms with E-state index in [4.69, 9.17) is 0 Å². The standard InChI is InChI=1S/C11H11N3O/c15-11-7-6-10(13-14-11)5-4-9-3-1-2-8-12-9/h1-5,8H,6-7H2,(H,14,15)/b5-4+. The van der Waals surface area contributed by atoms with Gasteiger partial charge in [-0.3, -0.25) is 9.78 Å². The van der Waals surface area contributed by atoms with Crippen LogP contribution in [0.2, 0.25) is 0 Å². The van der Waals surface area contributed by atoms with Crippen molar-refractivity contribution in [1.82, 2.24) is 10.4 Å². The quantitative estimate of drug-likeness (QED) is 0.785. The van der Waals surface area contributed by atoms with Crippen molar-refractivity contribution in [2.75, 3.05) is 0 Å². The number of amides is 1. The Morgan fingerprint density at radius 1 is 1.27 bits per heavy atom. The Kier molecular flexibility index (Phi) is 2.88. The number of hydrogen-bond donors (Lipinski definition) is 1. The largest absolute Gasteiger partial charge is 0.273 e. The van der Waals surface area contributed by atoms with Gasteiger partial charge in [0.15, 0.2) is 0 Å². The molecule has 0 aromatic carbocycles. The monoisotopic (exact) mass is 201 g/mol. The summed E-state index contributed by atoms with van der Waals surface area (Å²) in [7, 11) is 0. The number of carbonyl (C=O) groups is 1. The number of rotatable bonds is 2. The second-order valence-corrected chi connectivity index (χ2v) is 3.23. The van der Waals surface area contributed by atoms with Gasteiger partial charge in [-0.1, -0.05) is 6.07 Å². The van der Waals surface area contributed by atoms with Gasteiger partial charge in [0.25, 0.3) is 0 Å². The first-order valence-corrected chi connectivity index (χ1v) is 4.79. The highest BCUT2D eigenvalue weighted by Gasteiger charge is 2.08. The molecular weight excluding hydrogens is 190 g/mol. The van der Waals surface area contributed by atoms with Crippen molar-refractivity contribution < 1.29 is 4.79 Å².